The largest absolute Gasteiger partial charge is 0.297 e. The molecule has 2 heterocycles. The van der Waals surface area contributed by atoms with Gasteiger partial charge in [0, 0.05) is 22.0 Å². The van der Waals surface area contributed by atoms with Crippen LogP contribution in [0.25, 0.3) is 11.3 Å². The minimum absolute atomic E-state index is 0.131. The second kappa shape index (κ2) is 7.91. The second-order valence-corrected chi connectivity index (χ2v) is 8.48. The lowest BCUT2D eigenvalue weighted by Gasteiger charge is -2.03. The fraction of sp³-hybridized carbons (Fsp3) is 0.222. The Balaban J connectivity index is 1.64. The van der Waals surface area contributed by atoms with E-state index in [4.69, 9.17) is 0 Å². The van der Waals surface area contributed by atoms with E-state index in [9.17, 15) is 10.1 Å². The fourth-order valence-corrected chi connectivity index (χ4v) is 4.77. The van der Waals surface area contributed by atoms with Crippen LogP contribution in [0.5, 0.6) is 0 Å². The molecule has 0 aliphatic rings. The second-order valence-electron chi connectivity index (χ2n) is 5.51. The summed E-state index contributed by atoms with van der Waals surface area (Å²) in [7, 11) is 0. The Bertz CT molecular complexity index is 922. The van der Waals surface area contributed by atoms with Gasteiger partial charge in [-0.3, -0.25) is 4.79 Å². The Morgan fingerprint density at radius 1 is 1.20 bits per heavy atom. The average Bonchev–Trinajstić information content (AvgIpc) is 3.24. The molecular weight excluding hydrogens is 370 g/mol. The smallest absolute Gasteiger partial charge is 0.167 e. The Kier molecular flexibility index (Phi) is 5.63. The molecule has 0 amide bonds. The molecule has 0 aliphatic heterocycles. The minimum atomic E-state index is -0.789. The molecule has 0 fully saturated rings. The van der Waals surface area contributed by atoms with Crippen LogP contribution in [0.3, 0.4) is 0 Å². The first-order chi connectivity index (χ1) is 12.1. The van der Waals surface area contributed by atoms with Crippen molar-refractivity contribution < 1.29 is 4.79 Å². The van der Waals surface area contributed by atoms with Gasteiger partial charge in [-0.25, -0.2) is 9.97 Å². The summed E-state index contributed by atoms with van der Waals surface area (Å²) in [6.07, 6.45) is 0. The van der Waals surface area contributed by atoms with Crippen LogP contribution >= 0.6 is 34.4 Å². The van der Waals surface area contributed by atoms with Crippen molar-refractivity contribution in [2.75, 3.05) is 5.75 Å². The SMILES string of the molecule is Cc1ccc(-c2csc(SCC(=O)[C@@H](C#N)c3nc(C)cs3)n2)cc1. The summed E-state index contributed by atoms with van der Waals surface area (Å²) in [6.45, 7) is 3.91. The van der Waals surface area contributed by atoms with Crippen LogP contribution in [0.15, 0.2) is 39.4 Å². The molecule has 3 aromatic rings. The van der Waals surface area contributed by atoms with Gasteiger partial charge in [0.25, 0.3) is 0 Å². The standard InChI is InChI=1S/C18H15N3OS3/c1-11-3-5-13(6-4-11)15-9-24-18(21-15)25-10-16(22)14(7-19)17-20-12(2)8-23-17/h3-6,8-9,14H,10H2,1-2H3/t14-/m1/s1. The van der Waals surface area contributed by atoms with Gasteiger partial charge in [-0.15, -0.1) is 22.7 Å². The summed E-state index contributed by atoms with van der Waals surface area (Å²) in [4.78, 5) is 21.2. The summed E-state index contributed by atoms with van der Waals surface area (Å²) in [5.41, 5.74) is 4.02. The van der Waals surface area contributed by atoms with Crippen molar-refractivity contribution in [2.24, 2.45) is 0 Å². The Labute approximate surface area is 158 Å². The number of nitrogens with zero attached hydrogens (tertiary/aromatic N) is 3. The summed E-state index contributed by atoms with van der Waals surface area (Å²) in [5, 5.41) is 13.7. The minimum Gasteiger partial charge on any atom is -0.297 e. The molecule has 0 saturated heterocycles. The number of thioether (sulfide) groups is 1. The van der Waals surface area contributed by atoms with E-state index in [0.29, 0.717) is 5.01 Å². The van der Waals surface area contributed by atoms with Crippen molar-refractivity contribution in [3.05, 3.63) is 51.3 Å². The van der Waals surface area contributed by atoms with E-state index in [1.165, 1.54) is 40.0 Å². The van der Waals surface area contributed by atoms with E-state index in [-0.39, 0.29) is 11.5 Å². The highest BCUT2D eigenvalue weighted by Gasteiger charge is 2.23. The number of hydrogen-bond donors (Lipinski definition) is 0. The number of carbonyl (C=O) groups is 1. The van der Waals surface area contributed by atoms with E-state index < -0.39 is 5.92 Å². The van der Waals surface area contributed by atoms with E-state index in [0.717, 1.165) is 21.3 Å². The monoisotopic (exact) mass is 385 g/mol. The predicted octanol–water partition coefficient (Wildman–Crippen LogP) is 4.85. The molecule has 0 aliphatic carbocycles. The van der Waals surface area contributed by atoms with Crippen molar-refractivity contribution >= 4 is 40.2 Å². The number of nitriles is 1. The number of Topliss-reactive ketones (excluding diaryl/α,β-unsaturated/α-hetero) is 1. The van der Waals surface area contributed by atoms with E-state index in [1.54, 1.807) is 0 Å². The molecule has 4 nitrogen and oxygen atoms in total. The van der Waals surface area contributed by atoms with E-state index >= 15 is 0 Å². The summed E-state index contributed by atoms with van der Waals surface area (Å²) >= 11 is 4.25. The third-order valence-electron chi connectivity index (χ3n) is 3.50. The van der Waals surface area contributed by atoms with Gasteiger partial charge < -0.3 is 0 Å². The number of ketones is 1. The van der Waals surface area contributed by atoms with E-state index in [2.05, 4.69) is 28.2 Å². The van der Waals surface area contributed by atoms with Gasteiger partial charge in [-0.05, 0) is 13.8 Å². The number of carbonyl (C=O) groups excluding carboxylic acids is 1. The number of hydrogen-bond acceptors (Lipinski definition) is 7. The molecule has 0 unspecified atom stereocenters. The van der Waals surface area contributed by atoms with Gasteiger partial charge in [-0.1, -0.05) is 41.6 Å². The number of thiazole rings is 2. The highest BCUT2D eigenvalue weighted by Crippen LogP contribution is 2.30. The van der Waals surface area contributed by atoms with Crippen LogP contribution in [-0.4, -0.2) is 21.5 Å². The van der Waals surface area contributed by atoms with Crippen LogP contribution in [0.2, 0.25) is 0 Å². The lowest BCUT2D eigenvalue weighted by molar-refractivity contribution is -0.116. The van der Waals surface area contributed by atoms with Crippen molar-refractivity contribution in [3.8, 4) is 17.3 Å². The number of benzene rings is 1. The first kappa shape index (κ1) is 17.8. The predicted molar refractivity (Wildman–Crippen MR) is 103 cm³/mol. The lowest BCUT2D eigenvalue weighted by atomic mass is 10.1. The van der Waals surface area contributed by atoms with Crippen molar-refractivity contribution in [3.63, 3.8) is 0 Å². The molecule has 3 rings (SSSR count). The molecule has 2 aromatic heterocycles. The van der Waals surface area contributed by atoms with Gasteiger partial charge in [0.15, 0.2) is 16.0 Å². The molecule has 0 N–H and O–H groups in total. The Morgan fingerprint density at radius 2 is 1.96 bits per heavy atom. The van der Waals surface area contributed by atoms with Crippen LogP contribution in [0, 0.1) is 25.2 Å². The highest BCUT2D eigenvalue weighted by molar-refractivity contribution is 8.01. The normalized spacial score (nSPS) is 11.9. The molecule has 0 radical (unpaired) electrons. The third kappa shape index (κ3) is 4.34. The lowest BCUT2D eigenvalue weighted by Crippen LogP contribution is -2.13. The number of aromatic nitrogens is 2. The maximum atomic E-state index is 12.4. The zero-order valence-electron chi connectivity index (χ0n) is 13.7. The molecule has 0 spiro atoms. The quantitative estimate of drug-likeness (QED) is 0.567. The number of aryl methyl sites for hydroxylation is 2. The third-order valence-corrected chi connectivity index (χ3v) is 6.57. The summed E-state index contributed by atoms with van der Waals surface area (Å²) in [5.74, 6) is -0.700. The molecule has 1 atom stereocenters. The maximum Gasteiger partial charge on any atom is 0.167 e. The van der Waals surface area contributed by atoms with Gasteiger partial charge in [0.2, 0.25) is 0 Å². The van der Waals surface area contributed by atoms with Crippen LogP contribution in [-0.2, 0) is 4.79 Å². The maximum absolute atomic E-state index is 12.4. The van der Waals surface area contributed by atoms with Crippen molar-refractivity contribution in [1.29, 1.82) is 5.26 Å². The molecule has 126 valence electrons. The first-order valence-electron chi connectivity index (χ1n) is 7.56. The van der Waals surface area contributed by atoms with Crippen LogP contribution in [0.4, 0.5) is 0 Å². The zero-order chi connectivity index (χ0) is 17.8. The van der Waals surface area contributed by atoms with Crippen LogP contribution in [0.1, 0.15) is 22.2 Å². The molecule has 1 aromatic carbocycles. The molecule has 0 bridgehead atoms. The van der Waals surface area contributed by atoms with Gasteiger partial charge in [0.05, 0.1) is 17.5 Å². The Morgan fingerprint density at radius 3 is 2.60 bits per heavy atom. The summed E-state index contributed by atoms with van der Waals surface area (Å²) < 4.78 is 0.830. The molecule has 0 saturated carbocycles. The van der Waals surface area contributed by atoms with Crippen LogP contribution < -0.4 is 0 Å². The average molecular weight is 386 g/mol. The number of rotatable bonds is 6. The van der Waals surface area contributed by atoms with Gasteiger partial charge >= 0.3 is 0 Å². The fourth-order valence-electron chi connectivity index (χ4n) is 2.17. The topological polar surface area (TPSA) is 66.6 Å². The Hall–Kier alpha value is -2.01. The van der Waals surface area contributed by atoms with E-state index in [1.807, 2.05) is 36.7 Å². The first-order valence-corrected chi connectivity index (χ1v) is 10.3. The van der Waals surface area contributed by atoms with Crippen molar-refractivity contribution in [2.45, 2.75) is 24.1 Å². The molecule has 7 heteroatoms. The molecular formula is C18H15N3OS3. The van der Waals surface area contributed by atoms with Gasteiger partial charge in [-0.2, -0.15) is 5.26 Å². The highest BCUT2D eigenvalue weighted by atomic mass is 32.2. The zero-order valence-corrected chi connectivity index (χ0v) is 16.2. The summed E-state index contributed by atoms with van der Waals surface area (Å²) in [6, 6.07) is 10.3. The van der Waals surface area contributed by atoms with Gasteiger partial charge in [0.1, 0.15) is 5.01 Å². The molecule has 25 heavy (non-hydrogen) atoms. The van der Waals surface area contributed by atoms with Crippen molar-refractivity contribution in [1.82, 2.24) is 9.97 Å².